The quantitative estimate of drug-likeness (QED) is 0.477. The minimum absolute atomic E-state index is 0.114. The van der Waals surface area contributed by atoms with Gasteiger partial charge in [-0.2, -0.15) is 0 Å². The van der Waals surface area contributed by atoms with Crippen molar-refractivity contribution in [2.75, 3.05) is 24.2 Å². The number of amides is 2. The van der Waals surface area contributed by atoms with Gasteiger partial charge < -0.3 is 20.7 Å². The molecule has 0 aliphatic carbocycles. The summed E-state index contributed by atoms with van der Waals surface area (Å²) in [7, 11) is 0. The summed E-state index contributed by atoms with van der Waals surface area (Å²) in [6, 6.07) is 5.66. The topological polar surface area (TPSA) is 105 Å². The molecule has 11 heteroatoms. The van der Waals surface area contributed by atoms with Crippen molar-refractivity contribution in [1.29, 1.82) is 0 Å². The van der Waals surface area contributed by atoms with E-state index in [1.807, 2.05) is 0 Å². The Morgan fingerprint density at radius 1 is 1.44 bits per heavy atom. The number of halogens is 1. The first-order chi connectivity index (χ1) is 13.0. The monoisotopic (exact) mass is 409 g/mol. The number of esters is 1. The van der Waals surface area contributed by atoms with E-state index in [9.17, 15) is 14.0 Å². The molecule has 0 spiro atoms. The van der Waals surface area contributed by atoms with E-state index in [-0.39, 0.29) is 25.0 Å². The predicted octanol–water partition coefficient (Wildman–Crippen LogP) is 2.64. The molecule has 2 amide bonds. The van der Waals surface area contributed by atoms with Crippen molar-refractivity contribution in [3.8, 4) is 0 Å². The highest BCUT2D eigenvalue weighted by atomic mass is 32.2. The standard InChI is InChI=1S/C16H16FN5O3S2/c1-2-25-13(23)11-7-18-14(24)20-12(11)8-26-16-22-21-15(27-16)19-10-5-3-4-9(17)6-10/h3-6H,2,7-8H2,1H3,(H,19,21)(H2,18,20,24). The summed E-state index contributed by atoms with van der Waals surface area (Å²) in [6.45, 7) is 2.08. The number of hydrogen-bond acceptors (Lipinski definition) is 8. The average molecular weight is 409 g/mol. The van der Waals surface area contributed by atoms with E-state index in [0.29, 0.717) is 32.2 Å². The summed E-state index contributed by atoms with van der Waals surface area (Å²) in [5, 5.41) is 16.7. The Bertz CT molecular complexity index is 886. The highest BCUT2D eigenvalue weighted by Gasteiger charge is 2.24. The first kappa shape index (κ1) is 19.1. The summed E-state index contributed by atoms with van der Waals surface area (Å²) in [6.07, 6.45) is 0. The molecule has 0 bridgehead atoms. The van der Waals surface area contributed by atoms with Crippen LogP contribution in [0.15, 0.2) is 39.9 Å². The van der Waals surface area contributed by atoms with Gasteiger partial charge in [-0.15, -0.1) is 10.2 Å². The molecule has 1 aromatic carbocycles. The smallest absolute Gasteiger partial charge is 0.337 e. The fourth-order valence-corrected chi connectivity index (χ4v) is 3.97. The van der Waals surface area contributed by atoms with Crippen LogP contribution in [-0.2, 0) is 9.53 Å². The van der Waals surface area contributed by atoms with Crippen molar-refractivity contribution >= 4 is 45.9 Å². The Morgan fingerprint density at radius 3 is 3.07 bits per heavy atom. The molecule has 0 atom stereocenters. The highest BCUT2D eigenvalue weighted by molar-refractivity contribution is 8.01. The van der Waals surface area contributed by atoms with E-state index in [4.69, 9.17) is 4.74 Å². The molecule has 3 N–H and O–H groups in total. The van der Waals surface area contributed by atoms with Crippen molar-refractivity contribution in [1.82, 2.24) is 20.8 Å². The second kappa shape index (κ2) is 8.82. The molecule has 0 saturated carbocycles. The first-order valence-electron chi connectivity index (χ1n) is 7.98. The molecule has 0 saturated heterocycles. The normalized spacial score (nSPS) is 13.8. The predicted molar refractivity (Wildman–Crippen MR) is 101 cm³/mol. The van der Waals surface area contributed by atoms with Gasteiger partial charge in [0.25, 0.3) is 0 Å². The number of nitrogens with zero attached hydrogens (tertiary/aromatic N) is 2. The van der Waals surface area contributed by atoms with Crippen LogP contribution < -0.4 is 16.0 Å². The Hall–Kier alpha value is -2.66. The summed E-state index contributed by atoms with van der Waals surface area (Å²) in [5.41, 5.74) is 1.43. The fraction of sp³-hybridized carbons (Fsp3) is 0.250. The minimum atomic E-state index is -0.466. The van der Waals surface area contributed by atoms with E-state index in [0.717, 1.165) is 0 Å². The molecular weight excluding hydrogens is 393 g/mol. The van der Waals surface area contributed by atoms with Gasteiger partial charge in [0.2, 0.25) is 5.13 Å². The second-order valence-corrected chi connectivity index (χ2v) is 7.48. The molecule has 27 heavy (non-hydrogen) atoms. The van der Waals surface area contributed by atoms with Gasteiger partial charge in [-0.25, -0.2) is 14.0 Å². The highest BCUT2D eigenvalue weighted by Crippen LogP contribution is 2.29. The van der Waals surface area contributed by atoms with Crippen molar-refractivity contribution in [2.24, 2.45) is 0 Å². The number of aromatic nitrogens is 2. The second-order valence-electron chi connectivity index (χ2n) is 5.28. The van der Waals surface area contributed by atoms with E-state index in [1.165, 1.54) is 35.2 Å². The van der Waals surface area contributed by atoms with Crippen molar-refractivity contribution in [3.63, 3.8) is 0 Å². The molecule has 2 aromatic rings. The van der Waals surface area contributed by atoms with Crippen LogP contribution >= 0.6 is 23.1 Å². The molecule has 1 aliphatic rings. The maximum absolute atomic E-state index is 13.2. The molecule has 1 aromatic heterocycles. The number of carbonyl (C=O) groups is 2. The molecule has 2 heterocycles. The van der Waals surface area contributed by atoms with Gasteiger partial charge in [-0.05, 0) is 25.1 Å². The van der Waals surface area contributed by atoms with E-state index in [1.54, 1.807) is 19.1 Å². The first-order valence-corrected chi connectivity index (χ1v) is 9.78. The average Bonchev–Trinajstić information content (AvgIpc) is 3.07. The maximum atomic E-state index is 13.2. The molecule has 0 fully saturated rings. The Kier molecular flexibility index (Phi) is 6.24. The van der Waals surface area contributed by atoms with Crippen LogP contribution in [0.4, 0.5) is 20.0 Å². The number of thioether (sulfide) groups is 1. The molecular formula is C16H16FN5O3S2. The SMILES string of the molecule is CCOC(=O)C1=C(CSc2nnc(Nc3cccc(F)c3)s2)NC(=O)NC1. The molecule has 0 radical (unpaired) electrons. The van der Waals surface area contributed by atoms with Gasteiger partial charge in [0.05, 0.1) is 18.7 Å². The minimum Gasteiger partial charge on any atom is -0.463 e. The lowest BCUT2D eigenvalue weighted by molar-refractivity contribution is -0.138. The van der Waals surface area contributed by atoms with Crippen LogP contribution in [0, 0.1) is 5.82 Å². The summed E-state index contributed by atoms with van der Waals surface area (Å²) < 4.78 is 18.9. The van der Waals surface area contributed by atoms with Crippen LogP contribution in [0.3, 0.4) is 0 Å². The molecule has 0 unspecified atom stereocenters. The van der Waals surface area contributed by atoms with Gasteiger partial charge in [-0.1, -0.05) is 29.2 Å². The zero-order chi connectivity index (χ0) is 19.2. The van der Waals surface area contributed by atoms with Gasteiger partial charge in [-0.3, -0.25) is 0 Å². The largest absolute Gasteiger partial charge is 0.463 e. The molecule has 1 aliphatic heterocycles. The maximum Gasteiger partial charge on any atom is 0.337 e. The van der Waals surface area contributed by atoms with Crippen LogP contribution in [0.1, 0.15) is 6.92 Å². The van der Waals surface area contributed by atoms with Crippen LogP contribution in [0.5, 0.6) is 0 Å². The Labute approximate surface area is 162 Å². The number of anilines is 2. The van der Waals surface area contributed by atoms with Gasteiger partial charge in [0.1, 0.15) is 5.82 Å². The number of benzene rings is 1. The van der Waals surface area contributed by atoms with Crippen molar-refractivity contribution in [2.45, 2.75) is 11.3 Å². The number of hydrogen-bond donors (Lipinski definition) is 3. The van der Waals surface area contributed by atoms with E-state index in [2.05, 4.69) is 26.1 Å². The molecule has 142 valence electrons. The number of rotatable bonds is 7. The van der Waals surface area contributed by atoms with Crippen LogP contribution in [0.25, 0.3) is 0 Å². The number of carbonyl (C=O) groups excluding carboxylic acids is 2. The van der Waals surface area contributed by atoms with Crippen LogP contribution in [0.2, 0.25) is 0 Å². The lowest BCUT2D eigenvalue weighted by atomic mass is 10.2. The molecule has 8 nitrogen and oxygen atoms in total. The lowest BCUT2D eigenvalue weighted by Gasteiger charge is -2.20. The summed E-state index contributed by atoms with van der Waals surface area (Å²) in [5.74, 6) is -0.485. The summed E-state index contributed by atoms with van der Waals surface area (Å²) >= 11 is 2.61. The third kappa shape index (κ3) is 5.17. The van der Waals surface area contributed by atoms with Gasteiger partial charge >= 0.3 is 12.0 Å². The van der Waals surface area contributed by atoms with E-state index < -0.39 is 5.97 Å². The Morgan fingerprint density at radius 2 is 2.30 bits per heavy atom. The third-order valence-electron chi connectivity index (χ3n) is 3.40. The molecule has 3 rings (SSSR count). The summed E-state index contributed by atoms with van der Waals surface area (Å²) in [4.78, 5) is 23.6. The fourth-order valence-electron chi connectivity index (χ4n) is 2.21. The third-order valence-corrected chi connectivity index (χ3v) is 5.40. The number of nitrogens with one attached hydrogen (secondary N) is 3. The van der Waals surface area contributed by atoms with Crippen molar-refractivity contribution < 1.29 is 18.7 Å². The number of ether oxygens (including phenoxy) is 1. The van der Waals surface area contributed by atoms with Crippen molar-refractivity contribution in [3.05, 3.63) is 41.4 Å². The van der Waals surface area contributed by atoms with E-state index >= 15 is 0 Å². The van der Waals surface area contributed by atoms with Crippen LogP contribution in [-0.4, -0.2) is 41.1 Å². The lowest BCUT2D eigenvalue weighted by Crippen LogP contribution is -2.44. The van der Waals surface area contributed by atoms with Gasteiger partial charge in [0, 0.05) is 17.1 Å². The van der Waals surface area contributed by atoms with Gasteiger partial charge in [0.15, 0.2) is 4.34 Å². The Balaban J connectivity index is 1.65. The zero-order valence-corrected chi connectivity index (χ0v) is 15.9. The number of urea groups is 1. The zero-order valence-electron chi connectivity index (χ0n) is 14.2.